The molecule has 1 atom stereocenters. The number of carbonyl (C=O) groups is 1. The molecule has 0 bridgehead atoms. The Labute approximate surface area is 136 Å². The summed E-state index contributed by atoms with van der Waals surface area (Å²) < 4.78 is 29.9. The molecule has 1 aromatic heterocycles. The molecule has 1 N–H and O–H groups in total. The van der Waals surface area contributed by atoms with E-state index in [0.717, 1.165) is 0 Å². The molecule has 8 nitrogen and oxygen atoms in total. The smallest absolute Gasteiger partial charge is 0.254 e. The van der Waals surface area contributed by atoms with Crippen LogP contribution in [0.3, 0.4) is 0 Å². The minimum atomic E-state index is -3.24. The van der Waals surface area contributed by atoms with Gasteiger partial charge in [0.15, 0.2) is 0 Å². The van der Waals surface area contributed by atoms with E-state index in [2.05, 4.69) is 15.3 Å². The van der Waals surface area contributed by atoms with Crippen LogP contribution in [0.4, 0.5) is 0 Å². The first-order valence-electron chi connectivity index (χ1n) is 7.44. The molecule has 0 unspecified atom stereocenters. The van der Waals surface area contributed by atoms with E-state index in [9.17, 15) is 13.2 Å². The summed E-state index contributed by atoms with van der Waals surface area (Å²) in [7, 11) is -3.24. The predicted molar refractivity (Wildman–Crippen MR) is 84.6 cm³/mol. The number of nitrogens with one attached hydrogen (secondary N) is 1. The third kappa shape index (κ3) is 4.95. The number of nitrogens with zero attached hydrogens (tertiary/aromatic N) is 3. The van der Waals surface area contributed by atoms with Crippen molar-refractivity contribution in [3.05, 3.63) is 23.8 Å². The first-order chi connectivity index (χ1) is 10.8. The lowest BCUT2D eigenvalue weighted by Crippen LogP contribution is -2.49. The van der Waals surface area contributed by atoms with Crippen LogP contribution in [-0.4, -0.2) is 67.2 Å². The summed E-state index contributed by atoms with van der Waals surface area (Å²) in [5.74, 6) is 0.575. The van der Waals surface area contributed by atoms with Crippen molar-refractivity contribution in [1.29, 1.82) is 0 Å². The Balaban J connectivity index is 1.89. The predicted octanol–water partition coefficient (Wildman–Crippen LogP) is -0.00980. The fraction of sp³-hybridized carbons (Fsp3) is 0.643. The summed E-state index contributed by atoms with van der Waals surface area (Å²) in [6.07, 6.45) is 3.78. The number of amides is 1. The Morgan fingerprint density at radius 3 is 2.65 bits per heavy atom. The van der Waals surface area contributed by atoms with E-state index in [1.54, 1.807) is 0 Å². The quantitative estimate of drug-likeness (QED) is 0.807. The van der Waals surface area contributed by atoms with Crippen LogP contribution in [0.15, 0.2) is 12.4 Å². The molecule has 1 aliphatic rings. The summed E-state index contributed by atoms with van der Waals surface area (Å²) in [4.78, 5) is 20.4. The van der Waals surface area contributed by atoms with Gasteiger partial charge in [0.2, 0.25) is 10.0 Å². The zero-order valence-corrected chi connectivity index (χ0v) is 14.3. The molecule has 1 amide bonds. The topological polar surface area (TPSA) is 101 Å². The van der Waals surface area contributed by atoms with Gasteiger partial charge in [-0.25, -0.2) is 18.4 Å². The number of sulfonamides is 1. The molecule has 0 aromatic carbocycles. The third-order valence-electron chi connectivity index (χ3n) is 3.51. The van der Waals surface area contributed by atoms with Crippen LogP contribution >= 0.6 is 0 Å². The summed E-state index contributed by atoms with van der Waals surface area (Å²) >= 11 is 0. The Hall–Kier alpha value is -1.58. The van der Waals surface area contributed by atoms with Gasteiger partial charge < -0.3 is 10.1 Å². The third-order valence-corrected chi connectivity index (χ3v) is 4.78. The van der Waals surface area contributed by atoms with Crippen molar-refractivity contribution in [3.8, 4) is 0 Å². The lowest BCUT2D eigenvalue weighted by molar-refractivity contribution is 0.000434. The van der Waals surface area contributed by atoms with Crippen LogP contribution in [-0.2, 0) is 14.8 Å². The molecule has 1 aliphatic heterocycles. The normalized spacial score (nSPS) is 19.7. The molecule has 0 aliphatic carbocycles. The van der Waals surface area contributed by atoms with Crippen molar-refractivity contribution in [3.63, 3.8) is 0 Å². The van der Waals surface area contributed by atoms with Gasteiger partial charge in [-0.15, -0.1) is 0 Å². The standard InChI is InChI=1S/C14H22N4O4S/c1-10(2)13-15-6-11(7-16-13)14(19)17-8-12-9-18(4-5-22-12)23(3,20)21/h6-7,10,12H,4-5,8-9H2,1-3H3,(H,17,19)/t12-/m0/s1. The molecular weight excluding hydrogens is 320 g/mol. The van der Waals surface area contributed by atoms with Crippen LogP contribution < -0.4 is 5.32 Å². The SMILES string of the molecule is CC(C)c1ncc(C(=O)NC[C@H]2CN(S(C)(=O)=O)CCO2)cn1. The molecule has 23 heavy (non-hydrogen) atoms. The first-order valence-corrected chi connectivity index (χ1v) is 9.29. The van der Waals surface area contributed by atoms with E-state index in [0.29, 0.717) is 24.5 Å². The Morgan fingerprint density at radius 2 is 2.09 bits per heavy atom. The number of rotatable bonds is 5. The number of ether oxygens (including phenoxy) is 1. The molecule has 0 saturated carbocycles. The second kappa shape index (κ2) is 7.33. The summed E-state index contributed by atoms with van der Waals surface area (Å²) in [5, 5.41) is 2.72. The average Bonchev–Trinajstić information content (AvgIpc) is 2.52. The van der Waals surface area contributed by atoms with Crippen molar-refractivity contribution in [1.82, 2.24) is 19.6 Å². The second-order valence-electron chi connectivity index (χ2n) is 5.81. The fourth-order valence-corrected chi connectivity index (χ4v) is 3.02. The van der Waals surface area contributed by atoms with Gasteiger partial charge in [0.1, 0.15) is 5.82 Å². The Kier molecular flexibility index (Phi) is 5.66. The second-order valence-corrected chi connectivity index (χ2v) is 7.79. The molecule has 0 spiro atoms. The van der Waals surface area contributed by atoms with Gasteiger partial charge in [-0.3, -0.25) is 4.79 Å². The molecule has 9 heteroatoms. The molecular formula is C14H22N4O4S. The van der Waals surface area contributed by atoms with Gasteiger partial charge in [-0.2, -0.15) is 4.31 Å². The van der Waals surface area contributed by atoms with Crippen LogP contribution in [0.25, 0.3) is 0 Å². The number of hydrogen-bond donors (Lipinski definition) is 1. The molecule has 128 valence electrons. The minimum Gasteiger partial charge on any atom is -0.374 e. The molecule has 1 fully saturated rings. The number of morpholine rings is 1. The maximum Gasteiger partial charge on any atom is 0.254 e. The van der Waals surface area contributed by atoms with Crippen LogP contribution in [0, 0.1) is 0 Å². The lowest BCUT2D eigenvalue weighted by atomic mass is 10.2. The van der Waals surface area contributed by atoms with Gasteiger partial charge in [-0.1, -0.05) is 13.8 Å². The van der Waals surface area contributed by atoms with Gasteiger partial charge in [0.25, 0.3) is 5.91 Å². The zero-order valence-electron chi connectivity index (χ0n) is 13.5. The minimum absolute atomic E-state index is 0.199. The van der Waals surface area contributed by atoms with Crippen molar-refractivity contribution < 1.29 is 17.9 Å². The zero-order chi connectivity index (χ0) is 17.0. The van der Waals surface area contributed by atoms with E-state index in [-0.39, 0.29) is 31.0 Å². The van der Waals surface area contributed by atoms with Crippen molar-refractivity contribution in [2.75, 3.05) is 32.5 Å². The first kappa shape index (κ1) is 17.8. The van der Waals surface area contributed by atoms with Crippen LogP contribution in [0.2, 0.25) is 0 Å². The number of hydrogen-bond acceptors (Lipinski definition) is 6. The lowest BCUT2D eigenvalue weighted by Gasteiger charge is -2.31. The molecule has 1 saturated heterocycles. The molecule has 2 rings (SSSR count). The van der Waals surface area contributed by atoms with Gasteiger partial charge in [-0.05, 0) is 0 Å². The Bertz CT molecular complexity index is 645. The summed E-state index contributed by atoms with van der Waals surface area (Å²) in [6, 6.07) is 0. The highest BCUT2D eigenvalue weighted by atomic mass is 32.2. The van der Waals surface area contributed by atoms with Gasteiger partial charge in [0.05, 0.1) is 24.5 Å². The van der Waals surface area contributed by atoms with E-state index >= 15 is 0 Å². The van der Waals surface area contributed by atoms with Crippen molar-refractivity contribution >= 4 is 15.9 Å². The number of carbonyl (C=O) groups excluding carboxylic acids is 1. The highest BCUT2D eigenvalue weighted by molar-refractivity contribution is 7.88. The maximum absolute atomic E-state index is 12.1. The fourth-order valence-electron chi connectivity index (χ4n) is 2.18. The Morgan fingerprint density at radius 1 is 1.43 bits per heavy atom. The monoisotopic (exact) mass is 342 g/mol. The van der Waals surface area contributed by atoms with Crippen LogP contribution in [0.5, 0.6) is 0 Å². The molecule has 2 heterocycles. The van der Waals surface area contributed by atoms with E-state index in [1.165, 1.54) is 23.0 Å². The molecule has 0 radical (unpaired) electrons. The van der Waals surface area contributed by atoms with E-state index in [1.807, 2.05) is 13.8 Å². The van der Waals surface area contributed by atoms with Gasteiger partial charge in [0, 0.05) is 37.9 Å². The van der Waals surface area contributed by atoms with Crippen LogP contribution in [0.1, 0.15) is 35.9 Å². The van der Waals surface area contributed by atoms with E-state index < -0.39 is 10.0 Å². The molecule has 1 aromatic rings. The maximum atomic E-state index is 12.1. The van der Waals surface area contributed by atoms with E-state index in [4.69, 9.17) is 4.74 Å². The summed E-state index contributed by atoms with van der Waals surface area (Å²) in [6.45, 7) is 5.08. The number of aromatic nitrogens is 2. The summed E-state index contributed by atoms with van der Waals surface area (Å²) in [5.41, 5.74) is 0.366. The van der Waals surface area contributed by atoms with Gasteiger partial charge >= 0.3 is 0 Å². The van der Waals surface area contributed by atoms with Crippen molar-refractivity contribution in [2.24, 2.45) is 0 Å². The highest BCUT2D eigenvalue weighted by Gasteiger charge is 2.26. The average molecular weight is 342 g/mol. The van der Waals surface area contributed by atoms with Crippen molar-refractivity contribution in [2.45, 2.75) is 25.9 Å². The largest absolute Gasteiger partial charge is 0.374 e. The highest BCUT2D eigenvalue weighted by Crippen LogP contribution is 2.09.